The van der Waals surface area contributed by atoms with Crippen molar-refractivity contribution < 1.29 is 31.4 Å². The number of alkyl halides is 5. The van der Waals surface area contributed by atoms with Crippen LogP contribution in [0.2, 0.25) is 0 Å². The van der Waals surface area contributed by atoms with Crippen LogP contribution in [0.15, 0.2) is 41.5 Å². The summed E-state index contributed by atoms with van der Waals surface area (Å²) in [6.45, 7) is -1.55. The molecule has 3 aromatic rings. The lowest BCUT2D eigenvalue weighted by Crippen LogP contribution is -2.21. The molecule has 0 bridgehead atoms. The Bertz CT molecular complexity index is 1050. The van der Waals surface area contributed by atoms with Crippen LogP contribution >= 0.6 is 0 Å². The van der Waals surface area contributed by atoms with Crippen molar-refractivity contribution in [3.05, 3.63) is 52.7 Å². The Balaban J connectivity index is 2.07. The van der Waals surface area contributed by atoms with Crippen molar-refractivity contribution in [3.63, 3.8) is 0 Å². The highest BCUT2D eigenvalue weighted by Gasteiger charge is 2.28. The topological polar surface area (TPSA) is 65.7 Å². The summed E-state index contributed by atoms with van der Waals surface area (Å²) in [5.41, 5.74) is -2.04. The average Bonchev–Trinajstić information content (AvgIpc) is 2.65. The predicted molar refractivity (Wildman–Crippen MR) is 87.8 cm³/mol. The van der Waals surface area contributed by atoms with E-state index in [-0.39, 0.29) is 17.1 Å². The van der Waals surface area contributed by atoms with Gasteiger partial charge in [-0.25, -0.2) is 18.7 Å². The number of ether oxygens (including phenoxy) is 2. The lowest BCUT2D eigenvalue weighted by Gasteiger charge is -2.12. The molecule has 3 aromatic heterocycles. The van der Waals surface area contributed by atoms with Gasteiger partial charge in [0.1, 0.15) is 17.1 Å². The Hall–Kier alpha value is -3.24. The van der Waals surface area contributed by atoms with Crippen LogP contribution in [0, 0.1) is 0 Å². The molecule has 0 radical (unpaired) electrons. The highest BCUT2D eigenvalue weighted by Crippen LogP contribution is 2.28. The van der Waals surface area contributed by atoms with Gasteiger partial charge in [0.25, 0.3) is 12.0 Å². The van der Waals surface area contributed by atoms with Crippen molar-refractivity contribution in [2.24, 2.45) is 0 Å². The van der Waals surface area contributed by atoms with E-state index in [0.29, 0.717) is 5.75 Å². The van der Waals surface area contributed by atoms with Gasteiger partial charge in [-0.15, -0.1) is 0 Å². The molecular weight excluding hydrogens is 389 g/mol. The molecule has 0 amide bonds. The third kappa shape index (κ3) is 4.02. The molecule has 0 saturated carbocycles. The molecule has 148 valence electrons. The highest BCUT2D eigenvalue weighted by molar-refractivity contribution is 5.66. The minimum Gasteiger partial charge on any atom is -0.497 e. The second-order valence-corrected chi connectivity index (χ2v) is 5.56. The second kappa shape index (κ2) is 7.41. The molecule has 28 heavy (non-hydrogen) atoms. The van der Waals surface area contributed by atoms with Crippen molar-refractivity contribution in [2.45, 2.75) is 12.6 Å². The molecule has 6 nitrogen and oxygen atoms in total. The molecule has 3 heterocycles. The lowest BCUT2D eigenvalue weighted by atomic mass is 10.1. The number of methoxy groups -OCH3 is 1. The zero-order chi connectivity index (χ0) is 20.5. The van der Waals surface area contributed by atoms with E-state index in [1.54, 1.807) is 0 Å². The highest BCUT2D eigenvalue weighted by atomic mass is 19.4. The maximum Gasteiger partial charge on any atom is 0.422 e. The molecule has 0 saturated heterocycles. The van der Waals surface area contributed by atoms with Crippen molar-refractivity contribution in [1.82, 2.24) is 14.4 Å². The normalized spacial score (nSPS) is 11.8. The zero-order valence-electron chi connectivity index (χ0n) is 14.2. The van der Waals surface area contributed by atoms with Gasteiger partial charge in [0, 0.05) is 30.1 Å². The lowest BCUT2D eigenvalue weighted by molar-refractivity contribution is -0.154. The molecule has 11 heteroatoms. The minimum absolute atomic E-state index is 0.0302. The van der Waals surface area contributed by atoms with Crippen molar-refractivity contribution in [2.75, 3.05) is 13.7 Å². The standard InChI is InChI=1S/C17H12F5N3O3/c1-27-10-4-5-25-11(6-10)24-14(15(18)19)13(16(25)26)9-2-3-12(23-7-9)28-8-17(20,21)22/h2-7,15H,8H2,1H3. The van der Waals surface area contributed by atoms with Crippen LogP contribution in [-0.4, -0.2) is 34.3 Å². The maximum absolute atomic E-state index is 13.5. The summed E-state index contributed by atoms with van der Waals surface area (Å²) >= 11 is 0. The summed E-state index contributed by atoms with van der Waals surface area (Å²) in [6.07, 6.45) is -5.33. The first-order valence-corrected chi connectivity index (χ1v) is 7.74. The Kier molecular flexibility index (Phi) is 5.16. The van der Waals surface area contributed by atoms with E-state index in [1.807, 2.05) is 0 Å². The number of aromatic nitrogens is 3. The Morgan fingerprint density at radius 2 is 1.96 bits per heavy atom. The predicted octanol–water partition coefficient (Wildman–Crippen LogP) is 3.64. The number of rotatable bonds is 5. The van der Waals surface area contributed by atoms with Gasteiger partial charge in [-0.3, -0.25) is 9.20 Å². The Labute approximate surface area is 154 Å². The Morgan fingerprint density at radius 3 is 2.54 bits per heavy atom. The van der Waals surface area contributed by atoms with Crippen LogP contribution in [0.5, 0.6) is 11.6 Å². The van der Waals surface area contributed by atoms with Crippen molar-refractivity contribution >= 4 is 5.65 Å². The van der Waals surface area contributed by atoms with Gasteiger partial charge in [0.2, 0.25) is 5.88 Å². The number of fused-ring (bicyclic) bond motifs is 1. The smallest absolute Gasteiger partial charge is 0.422 e. The summed E-state index contributed by atoms with van der Waals surface area (Å²) in [5.74, 6) is -0.0361. The second-order valence-electron chi connectivity index (χ2n) is 5.56. The summed E-state index contributed by atoms with van der Waals surface area (Å²) in [4.78, 5) is 20.2. The van der Waals surface area contributed by atoms with Crippen LogP contribution < -0.4 is 15.0 Å². The van der Waals surface area contributed by atoms with Gasteiger partial charge in [-0.05, 0) is 12.1 Å². The number of pyridine rings is 2. The van der Waals surface area contributed by atoms with E-state index < -0.39 is 36.0 Å². The first-order chi connectivity index (χ1) is 13.2. The quantitative estimate of drug-likeness (QED) is 0.611. The van der Waals surface area contributed by atoms with Crippen LogP contribution in [0.4, 0.5) is 22.0 Å². The number of halogens is 5. The molecule has 0 unspecified atom stereocenters. The summed E-state index contributed by atoms with van der Waals surface area (Å²) < 4.78 is 74.1. The minimum atomic E-state index is -4.55. The molecule has 0 aromatic carbocycles. The monoisotopic (exact) mass is 401 g/mol. The third-order valence-electron chi connectivity index (χ3n) is 3.68. The molecule has 0 fully saturated rings. The number of hydrogen-bond acceptors (Lipinski definition) is 5. The first kappa shape index (κ1) is 19.5. The van der Waals surface area contributed by atoms with Crippen LogP contribution in [0.25, 0.3) is 16.8 Å². The first-order valence-electron chi connectivity index (χ1n) is 7.74. The molecule has 0 aliphatic carbocycles. The SMILES string of the molecule is COc1ccn2c(=O)c(-c3ccc(OCC(F)(F)F)nc3)c(C(F)F)nc2c1. The van der Waals surface area contributed by atoms with E-state index in [0.717, 1.165) is 16.7 Å². The van der Waals surface area contributed by atoms with E-state index in [2.05, 4.69) is 14.7 Å². The number of nitrogens with zero attached hydrogens (tertiary/aromatic N) is 3. The molecule has 0 spiro atoms. The fraction of sp³-hybridized carbons (Fsp3) is 0.235. The van der Waals surface area contributed by atoms with Gasteiger partial charge in [-0.2, -0.15) is 13.2 Å². The zero-order valence-corrected chi connectivity index (χ0v) is 14.2. The van der Waals surface area contributed by atoms with Gasteiger partial charge >= 0.3 is 6.18 Å². The summed E-state index contributed by atoms with van der Waals surface area (Å²) in [6, 6.07) is 5.00. The van der Waals surface area contributed by atoms with Crippen molar-refractivity contribution in [1.29, 1.82) is 0 Å². The van der Waals surface area contributed by atoms with Crippen LogP contribution in [0.1, 0.15) is 12.1 Å². The summed E-state index contributed by atoms with van der Waals surface area (Å²) in [5, 5.41) is 0. The third-order valence-corrected chi connectivity index (χ3v) is 3.68. The molecule has 0 aliphatic heterocycles. The van der Waals surface area contributed by atoms with E-state index >= 15 is 0 Å². The largest absolute Gasteiger partial charge is 0.497 e. The van der Waals surface area contributed by atoms with Crippen LogP contribution in [-0.2, 0) is 0 Å². The maximum atomic E-state index is 13.5. The number of hydrogen-bond donors (Lipinski definition) is 0. The van der Waals surface area contributed by atoms with E-state index in [4.69, 9.17) is 4.74 Å². The fourth-order valence-electron chi connectivity index (χ4n) is 2.46. The Morgan fingerprint density at radius 1 is 1.21 bits per heavy atom. The van der Waals surface area contributed by atoms with Crippen LogP contribution in [0.3, 0.4) is 0 Å². The average molecular weight is 401 g/mol. The molecule has 0 N–H and O–H groups in total. The van der Waals surface area contributed by atoms with Gasteiger partial charge in [0.15, 0.2) is 6.61 Å². The van der Waals surface area contributed by atoms with Gasteiger partial charge in [0.05, 0.1) is 12.7 Å². The van der Waals surface area contributed by atoms with Gasteiger partial charge < -0.3 is 9.47 Å². The van der Waals surface area contributed by atoms with E-state index in [1.165, 1.54) is 31.5 Å². The van der Waals surface area contributed by atoms with Crippen molar-refractivity contribution in [3.8, 4) is 22.8 Å². The fourth-order valence-corrected chi connectivity index (χ4v) is 2.46. The molecule has 3 rings (SSSR count). The summed E-state index contributed by atoms with van der Waals surface area (Å²) in [7, 11) is 1.38. The molecule has 0 atom stereocenters. The molecular formula is C17H12F5N3O3. The molecule has 0 aliphatic rings. The van der Waals surface area contributed by atoms with Gasteiger partial charge in [-0.1, -0.05) is 0 Å². The van der Waals surface area contributed by atoms with E-state index in [9.17, 15) is 26.7 Å².